The standard InChI is InChI=1S/C14H30N4.HI/c1-4-6-9-16-14(15-3)17-11-13-8-7-10-18(5-2)12-13;/h13H,4-12H2,1-3H3,(H2,15,16,17);1H. The fourth-order valence-corrected chi connectivity index (χ4v) is 2.45. The number of halogens is 1. The molecule has 1 rings (SSSR count). The Labute approximate surface area is 135 Å². The van der Waals surface area contributed by atoms with E-state index in [0.717, 1.165) is 25.0 Å². The normalized spacial score (nSPS) is 20.8. The molecule has 5 heteroatoms. The molecule has 0 radical (unpaired) electrons. The summed E-state index contributed by atoms with van der Waals surface area (Å²) in [5.74, 6) is 1.72. The van der Waals surface area contributed by atoms with Gasteiger partial charge in [-0.25, -0.2) is 0 Å². The SMILES string of the molecule is CCCCNC(=NC)NCC1CCCN(CC)C1.I. The number of unbranched alkanes of at least 4 members (excludes halogenated alkanes) is 1. The second-order valence-electron chi connectivity index (χ2n) is 5.13. The highest BCUT2D eigenvalue weighted by Crippen LogP contribution is 2.14. The van der Waals surface area contributed by atoms with Gasteiger partial charge in [0, 0.05) is 26.7 Å². The van der Waals surface area contributed by atoms with Crippen LogP contribution in [-0.4, -0.2) is 50.6 Å². The predicted octanol–water partition coefficient (Wildman–Crippen LogP) is 2.30. The number of piperidine rings is 1. The Kier molecular flexibility index (Phi) is 11.7. The molecule has 0 aromatic carbocycles. The highest BCUT2D eigenvalue weighted by atomic mass is 127. The molecule has 2 N–H and O–H groups in total. The van der Waals surface area contributed by atoms with Crippen LogP contribution in [0, 0.1) is 5.92 Å². The minimum absolute atomic E-state index is 0. The first-order valence-electron chi connectivity index (χ1n) is 7.47. The summed E-state index contributed by atoms with van der Waals surface area (Å²) in [6, 6.07) is 0. The van der Waals surface area contributed by atoms with Crippen LogP contribution >= 0.6 is 24.0 Å². The lowest BCUT2D eigenvalue weighted by Gasteiger charge is -2.32. The largest absolute Gasteiger partial charge is 0.356 e. The van der Waals surface area contributed by atoms with Gasteiger partial charge in [-0.15, -0.1) is 24.0 Å². The van der Waals surface area contributed by atoms with Gasteiger partial charge in [-0.2, -0.15) is 0 Å². The summed E-state index contributed by atoms with van der Waals surface area (Å²) in [4.78, 5) is 6.81. The number of hydrogen-bond donors (Lipinski definition) is 2. The third kappa shape index (κ3) is 7.97. The Hall–Kier alpha value is -0.0400. The maximum absolute atomic E-state index is 4.26. The molecule has 0 amide bonds. The maximum Gasteiger partial charge on any atom is 0.190 e. The molecule has 19 heavy (non-hydrogen) atoms. The van der Waals surface area contributed by atoms with E-state index < -0.39 is 0 Å². The van der Waals surface area contributed by atoms with Crippen LogP contribution in [0.1, 0.15) is 39.5 Å². The van der Waals surface area contributed by atoms with Gasteiger partial charge in [0.1, 0.15) is 0 Å². The zero-order chi connectivity index (χ0) is 13.2. The van der Waals surface area contributed by atoms with Crippen molar-refractivity contribution in [2.24, 2.45) is 10.9 Å². The Morgan fingerprint density at radius 1 is 1.32 bits per heavy atom. The van der Waals surface area contributed by atoms with Crippen LogP contribution in [0.2, 0.25) is 0 Å². The van der Waals surface area contributed by atoms with Gasteiger partial charge < -0.3 is 15.5 Å². The van der Waals surface area contributed by atoms with E-state index in [4.69, 9.17) is 0 Å². The van der Waals surface area contributed by atoms with E-state index in [1.807, 2.05) is 7.05 Å². The van der Waals surface area contributed by atoms with Crippen LogP contribution in [0.15, 0.2) is 4.99 Å². The van der Waals surface area contributed by atoms with Crippen molar-refractivity contribution in [1.82, 2.24) is 15.5 Å². The van der Waals surface area contributed by atoms with Gasteiger partial charge in [0.05, 0.1) is 0 Å². The Balaban J connectivity index is 0.00000324. The summed E-state index contributed by atoms with van der Waals surface area (Å²) < 4.78 is 0. The van der Waals surface area contributed by atoms with Crippen molar-refractivity contribution in [2.75, 3.05) is 39.8 Å². The first kappa shape index (κ1) is 19.0. The molecule has 114 valence electrons. The molecule has 0 saturated carbocycles. The molecule has 1 atom stereocenters. The molecular weight excluding hydrogens is 351 g/mol. The van der Waals surface area contributed by atoms with Gasteiger partial charge >= 0.3 is 0 Å². The van der Waals surface area contributed by atoms with E-state index in [-0.39, 0.29) is 24.0 Å². The van der Waals surface area contributed by atoms with Crippen molar-refractivity contribution in [2.45, 2.75) is 39.5 Å². The molecule has 1 aliphatic rings. The van der Waals surface area contributed by atoms with Gasteiger partial charge in [-0.3, -0.25) is 4.99 Å². The van der Waals surface area contributed by atoms with Crippen molar-refractivity contribution in [1.29, 1.82) is 0 Å². The fourth-order valence-electron chi connectivity index (χ4n) is 2.45. The van der Waals surface area contributed by atoms with Crippen LogP contribution in [0.3, 0.4) is 0 Å². The van der Waals surface area contributed by atoms with Crippen LogP contribution in [0.25, 0.3) is 0 Å². The second kappa shape index (κ2) is 11.8. The quantitative estimate of drug-likeness (QED) is 0.321. The minimum atomic E-state index is 0. The fraction of sp³-hybridized carbons (Fsp3) is 0.929. The molecule has 0 aliphatic carbocycles. The summed E-state index contributed by atoms with van der Waals surface area (Å²) >= 11 is 0. The molecule has 1 fully saturated rings. The summed E-state index contributed by atoms with van der Waals surface area (Å²) in [5.41, 5.74) is 0. The average Bonchev–Trinajstić information content (AvgIpc) is 2.43. The topological polar surface area (TPSA) is 39.7 Å². The van der Waals surface area contributed by atoms with Crippen LogP contribution in [-0.2, 0) is 0 Å². The van der Waals surface area contributed by atoms with E-state index in [0.29, 0.717) is 0 Å². The van der Waals surface area contributed by atoms with Gasteiger partial charge in [-0.1, -0.05) is 20.3 Å². The third-order valence-electron chi connectivity index (χ3n) is 3.65. The summed E-state index contributed by atoms with van der Waals surface area (Å²) in [5, 5.41) is 6.82. The first-order chi connectivity index (χ1) is 8.80. The zero-order valence-corrected chi connectivity index (χ0v) is 15.1. The number of rotatable bonds is 6. The molecule has 0 aromatic heterocycles. The lowest BCUT2D eigenvalue weighted by molar-refractivity contribution is 0.183. The highest BCUT2D eigenvalue weighted by Gasteiger charge is 2.18. The molecular formula is C14H31IN4. The molecule has 1 unspecified atom stereocenters. The second-order valence-corrected chi connectivity index (χ2v) is 5.13. The summed E-state index contributed by atoms with van der Waals surface area (Å²) in [7, 11) is 1.85. The maximum atomic E-state index is 4.26. The Morgan fingerprint density at radius 3 is 2.74 bits per heavy atom. The molecule has 1 heterocycles. The molecule has 4 nitrogen and oxygen atoms in total. The van der Waals surface area contributed by atoms with E-state index in [1.165, 1.54) is 45.3 Å². The van der Waals surface area contributed by atoms with Crippen molar-refractivity contribution in [3.63, 3.8) is 0 Å². The zero-order valence-electron chi connectivity index (χ0n) is 12.7. The van der Waals surface area contributed by atoms with Gasteiger partial charge in [0.25, 0.3) is 0 Å². The molecule has 1 aliphatic heterocycles. The number of hydrogen-bond acceptors (Lipinski definition) is 2. The number of nitrogens with zero attached hydrogens (tertiary/aromatic N) is 2. The summed E-state index contributed by atoms with van der Waals surface area (Å²) in [6.07, 6.45) is 5.10. The Morgan fingerprint density at radius 2 is 2.11 bits per heavy atom. The van der Waals surface area contributed by atoms with Crippen molar-refractivity contribution in [3.05, 3.63) is 0 Å². The van der Waals surface area contributed by atoms with E-state index >= 15 is 0 Å². The molecule has 0 aromatic rings. The van der Waals surface area contributed by atoms with Crippen LogP contribution in [0.4, 0.5) is 0 Å². The van der Waals surface area contributed by atoms with E-state index in [9.17, 15) is 0 Å². The van der Waals surface area contributed by atoms with Gasteiger partial charge in [0.15, 0.2) is 5.96 Å². The minimum Gasteiger partial charge on any atom is -0.356 e. The van der Waals surface area contributed by atoms with Gasteiger partial charge in [-0.05, 0) is 38.3 Å². The molecule has 1 saturated heterocycles. The number of nitrogens with one attached hydrogen (secondary N) is 2. The van der Waals surface area contributed by atoms with E-state index in [2.05, 4.69) is 34.4 Å². The highest BCUT2D eigenvalue weighted by molar-refractivity contribution is 14.0. The lowest BCUT2D eigenvalue weighted by atomic mass is 9.98. The smallest absolute Gasteiger partial charge is 0.190 e. The van der Waals surface area contributed by atoms with Crippen LogP contribution in [0.5, 0.6) is 0 Å². The molecule has 0 spiro atoms. The van der Waals surface area contributed by atoms with Crippen molar-refractivity contribution in [3.8, 4) is 0 Å². The predicted molar refractivity (Wildman–Crippen MR) is 94.5 cm³/mol. The Bertz CT molecular complexity index is 246. The lowest BCUT2D eigenvalue weighted by Crippen LogP contribution is -2.44. The van der Waals surface area contributed by atoms with Crippen LogP contribution < -0.4 is 10.6 Å². The third-order valence-corrected chi connectivity index (χ3v) is 3.65. The van der Waals surface area contributed by atoms with Gasteiger partial charge in [0.2, 0.25) is 0 Å². The van der Waals surface area contributed by atoms with E-state index in [1.54, 1.807) is 0 Å². The number of likely N-dealkylation sites (tertiary alicyclic amines) is 1. The monoisotopic (exact) mass is 382 g/mol. The van der Waals surface area contributed by atoms with Crippen molar-refractivity contribution < 1.29 is 0 Å². The number of guanidine groups is 1. The van der Waals surface area contributed by atoms with Crippen molar-refractivity contribution >= 4 is 29.9 Å². The first-order valence-corrected chi connectivity index (χ1v) is 7.47. The molecule has 0 bridgehead atoms. The average molecular weight is 382 g/mol. The number of aliphatic imine (C=N–C) groups is 1. The summed E-state index contributed by atoms with van der Waals surface area (Å²) in [6.45, 7) is 10.2.